The second kappa shape index (κ2) is 6.08. The van der Waals surface area contributed by atoms with Crippen molar-refractivity contribution in [3.63, 3.8) is 0 Å². The third-order valence-corrected chi connectivity index (χ3v) is 4.27. The molecule has 0 spiro atoms. The van der Waals surface area contributed by atoms with Crippen LogP contribution in [0.4, 0.5) is 5.69 Å². The first-order chi connectivity index (χ1) is 9.02. The zero-order valence-electron chi connectivity index (χ0n) is 12.4. The van der Waals surface area contributed by atoms with Gasteiger partial charge in [-0.05, 0) is 18.3 Å². The van der Waals surface area contributed by atoms with E-state index in [-0.39, 0.29) is 0 Å². The average molecular weight is 282 g/mol. The Morgan fingerprint density at radius 2 is 2.11 bits per heavy atom. The fourth-order valence-corrected chi connectivity index (χ4v) is 2.81. The molecule has 3 nitrogen and oxygen atoms in total. The Morgan fingerprint density at radius 3 is 2.63 bits per heavy atom. The van der Waals surface area contributed by atoms with Crippen LogP contribution in [0.3, 0.4) is 0 Å². The molecule has 4 heteroatoms. The summed E-state index contributed by atoms with van der Waals surface area (Å²) in [4.78, 5) is 11.5. The summed E-state index contributed by atoms with van der Waals surface area (Å²) < 4.78 is 0. The molecule has 0 radical (unpaired) electrons. The van der Waals surface area contributed by atoms with Crippen molar-refractivity contribution in [2.24, 2.45) is 11.8 Å². The van der Waals surface area contributed by atoms with Crippen LogP contribution in [0.2, 0.25) is 0 Å². The van der Waals surface area contributed by atoms with E-state index in [0.717, 1.165) is 42.1 Å². The van der Waals surface area contributed by atoms with Crippen LogP contribution < -0.4 is 4.90 Å². The third kappa shape index (κ3) is 3.19. The smallest absolute Gasteiger partial charge is 0.131 e. The van der Waals surface area contributed by atoms with E-state index in [1.807, 2.05) is 6.20 Å². The summed E-state index contributed by atoms with van der Waals surface area (Å²) in [6.45, 7) is 11.0. The number of alkyl halides is 1. The first-order valence-corrected chi connectivity index (χ1v) is 7.73. The SMILES string of the molecule is CC(C)c1ncc(N2CCC(C(C)C)C2)c(CCl)n1. The zero-order chi connectivity index (χ0) is 14.0. The summed E-state index contributed by atoms with van der Waals surface area (Å²) >= 11 is 6.07. The fraction of sp³-hybridized carbons (Fsp3) is 0.733. The van der Waals surface area contributed by atoms with E-state index in [1.54, 1.807) is 0 Å². The van der Waals surface area contributed by atoms with Gasteiger partial charge in [0.05, 0.1) is 23.5 Å². The normalized spacial score (nSPS) is 19.7. The number of anilines is 1. The molecule has 0 bridgehead atoms. The molecule has 1 aliphatic heterocycles. The lowest BCUT2D eigenvalue weighted by Crippen LogP contribution is -2.23. The summed E-state index contributed by atoms with van der Waals surface area (Å²) in [5, 5.41) is 0. The van der Waals surface area contributed by atoms with Gasteiger partial charge in [0, 0.05) is 19.0 Å². The average Bonchev–Trinajstić information content (AvgIpc) is 2.87. The molecule has 2 rings (SSSR count). The molecule has 0 amide bonds. The molecule has 0 N–H and O–H groups in total. The van der Waals surface area contributed by atoms with E-state index in [1.165, 1.54) is 6.42 Å². The van der Waals surface area contributed by atoms with Crippen molar-refractivity contribution < 1.29 is 0 Å². The van der Waals surface area contributed by atoms with Crippen LogP contribution in [-0.4, -0.2) is 23.1 Å². The van der Waals surface area contributed by atoms with Crippen LogP contribution in [0, 0.1) is 11.8 Å². The van der Waals surface area contributed by atoms with Crippen molar-refractivity contribution in [3.05, 3.63) is 17.7 Å². The van der Waals surface area contributed by atoms with Crippen LogP contribution in [0.5, 0.6) is 0 Å². The predicted octanol–water partition coefficient (Wildman–Crippen LogP) is 3.82. The van der Waals surface area contributed by atoms with E-state index in [4.69, 9.17) is 11.6 Å². The van der Waals surface area contributed by atoms with E-state index in [9.17, 15) is 0 Å². The van der Waals surface area contributed by atoms with Crippen LogP contribution in [0.25, 0.3) is 0 Å². The monoisotopic (exact) mass is 281 g/mol. The highest BCUT2D eigenvalue weighted by molar-refractivity contribution is 6.17. The first-order valence-electron chi connectivity index (χ1n) is 7.19. The molecule has 0 aromatic carbocycles. The molecule has 106 valence electrons. The molecular weight excluding hydrogens is 258 g/mol. The van der Waals surface area contributed by atoms with Gasteiger partial charge in [-0.15, -0.1) is 11.6 Å². The highest BCUT2D eigenvalue weighted by Crippen LogP contribution is 2.30. The second-order valence-electron chi connectivity index (χ2n) is 6.09. The lowest BCUT2D eigenvalue weighted by atomic mass is 9.95. The van der Waals surface area contributed by atoms with Crippen molar-refractivity contribution in [2.75, 3.05) is 18.0 Å². The molecule has 1 aromatic rings. The molecule has 1 saturated heterocycles. The Morgan fingerprint density at radius 1 is 1.37 bits per heavy atom. The van der Waals surface area contributed by atoms with Crippen molar-refractivity contribution in [2.45, 2.75) is 45.9 Å². The standard InChI is InChI=1S/C15H24ClN3/c1-10(2)12-5-6-19(9-12)14-8-17-15(11(3)4)18-13(14)7-16/h8,10-12H,5-7,9H2,1-4H3. The minimum Gasteiger partial charge on any atom is -0.368 e. The predicted molar refractivity (Wildman–Crippen MR) is 80.8 cm³/mol. The number of aromatic nitrogens is 2. The van der Waals surface area contributed by atoms with Crippen molar-refractivity contribution in [1.82, 2.24) is 9.97 Å². The summed E-state index contributed by atoms with van der Waals surface area (Å²) in [6.07, 6.45) is 3.22. The van der Waals surface area contributed by atoms with Crippen LogP contribution in [0.15, 0.2) is 6.20 Å². The first kappa shape index (κ1) is 14.6. The molecule has 1 aliphatic rings. The fourth-order valence-electron chi connectivity index (χ4n) is 2.62. The summed E-state index contributed by atoms with van der Waals surface area (Å²) in [6, 6.07) is 0. The van der Waals surface area contributed by atoms with Crippen LogP contribution in [0.1, 0.15) is 51.6 Å². The van der Waals surface area contributed by atoms with Gasteiger partial charge in [0.15, 0.2) is 0 Å². The molecular formula is C15H24ClN3. The van der Waals surface area contributed by atoms with Gasteiger partial charge in [0.25, 0.3) is 0 Å². The van der Waals surface area contributed by atoms with Crippen LogP contribution >= 0.6 is 11.6 Å². The third-order valence-electron chi connectivity index (χ3n) is 4.02. The van der Waals surface area contributed by atoms with Gasteiger partial charge < -0.3 is 4.90 Å². The second-order valence-corrected chi connectivity index (χ2v) is 6.35. The van der Waals surface area contributed by atoms with E-state index in [2.05, 4.69) is 42.6 Å². The van der Waals surface area contributed by atoms with Crippen molar-refractivity contribution >= 4 is 17.3 Å². The van der Waals surface area contributed by atoms with Gasteiger partial charge in [-0.1, -0.05) is 27.7 Å². The minimum atomic E-state index is 0.345. The van der Waals surface area contributed by atoms with Gasteiger partial charge >= 0.3 is 0 Å². The maximum atomic E-state index is 6.07. The van der Waals surface area contributed by atoms with E-state index >= 15 is 0 Å². The Hall–Kier alpha value is -0.830. The quantitative estimate of drug-likeness (QED) is 0.786. The molecule has 1 fully saturated rings. The van der Waals surface area contributed by atoms with Crippen molar-refractivity contribution in [3.8, 4) is 0 Å². The highest BCUT2D eigenvalue weighted by atomic mass is 35.5. The van der Waals surface area contributed by atoms with Gasteiger partial charge in [-0.25, -0.2) is 9.97 Å². The number of hydrogen-bond acceptors (Lipinski definition) is 3. The number of nitrogens with zero attached hydrogens (tertiary/aromatic N) is 3. The Bertz CT molecular complexity index is 431. The molecule has 1 atom stereocenters. The van der Waals surface area contributed by atoms with E-state index in [0.29, 0.717) is 11.8 Å². The molecule has 0 saturated carbocycles. The lowest BCUT2D eigenvalue weighted by Gasteiger charge is -2.22. The molecule has 2 heterocycles. The maximum absolute atomic E-state index is 6.07. The zero-order valence-corrected chi connectivity index (χ0v) is 13.1. The summed E-state index contributed by atoms with van der Waals surface area (Å²) in [5.41, 5.74) is 2.10. The number of halogens is 1. The number of hydrogen-bond donors (Lipinski definition) is 0. The van der Waals surface area contributed by atoms with E-state index < -0.39 is 0 Å². The summed E-state index contributed by atoms with van der Waals surface area (Å²) in [7, 11) is 0. The van der Waals surface area contributed by atoms with Gasteiger partial charge in [0.1, 0.15) is 5.82 Å². The maximum Gasteiger partial charge on any atom is 0.131 e. The van der Waals surface area contributed by atoms with Crippen molar-refractivity contribution in [1.29, 1.82) is 0 Å². The van der Waals surface area contributed by atoms with Gasteiger partial charge in [0.2, 0.25) is 0 Å². The minimum absolute atomic E-state index is 0.345. The largest absolute Gasteiger partial charge is 0.368 e. The Balaban J connectivity index is 2.21. The Labute approximate surface area is 121 Å². The highest BCUT2D eigenvalue weighted by Gasteiger charge is 2.27. The Kier molecular flexibility index (Phi) is 4.67. The molecule has 0 aliphatic carbocycles. The molecule has 1 aromatic heterocycles. The summed E-state index contributed by atoms with van der Waals surface area (Å²) in [5.74, 6) is 3.20. The molecule has 19 heavy (non-hydrogen) atoms. The molecule has 1 unspecified atom stereocenters. The topological polar surface area (TPSA) is 29.0 Å². The van der Waals surface area contributed by atoms with Gasteiger partial charge in [-0.3, -0.25) is 0 Å². The number of rotatable bonds is 4. The van der Waals surface area contributed by atoms with Crippen LogP contribution in [-0.2, 0) is 5.88 Å². The van der Waals surface area contributed by atoms with Gasteiger partial charge in [-0.2, -0.15) is 0 Å². The lowest BCUT2D eigenvalue weighted by molar-refractivity contribution is 0.422.